The van der Waals surface area contributed by atoms with Crippen molar-refractivity contribution < 1.29 is 9.59 Å². The van der Waals surface area contributed by atoms with Crippen LogP contribution in [0, 0.1) is 11.8 Å². The maximum atomic E-state index is 12.2. The fourth-order valence-corrected chi connectivity index (χ4v) is 6.36. The van der Waals surface area contributed by atoms with Crippen molar-refractivity contribution in [1.29, 1.82) is 0 Å². The zero-order valence-electron chi connectivity index (χ0n) is 27.5. The van der Waals surface area contributed by atoms with Gasteiger partial charge < -0.3 is 10.0 Å². The molecule has 6 aromatic carbocycles. The van der Waals surface area contributed by atoms with Gasteiger partial charge in [-0.15, -0.1) is 4.91 Å². The molecule has 6 aromatic rings. The quantitative estimate of drug-likeness (QED) is 0.107. The van der Waals surface area contributed by atoms with Crippen molar-refractivity contribution in [3.05, 3.63) is 184 Å². The average Bonchev–Trinajstić information content (AvgIpc) is 3.16. The van der Waals surface area contributed by atoms with Crippen LogP contribution in [-0.2, 0) is 17.8 Å². The molecule has 0 spiro atoms. The predicted octanol–water partition coefficient (Wildman–Crippen LogP) is 10.7. The number of carbonyl (C=O) groups excluding carboxylic acids is 2. The second kappa shape index (κ2) is 17.8. The van der Waals surface area contributed by atoms with Crippen LogP contribution in [0.4, 0.5) is 5.69 Å². The summed E-state index contributed by atoms with van der Waals surface area (Å²) in [6.07, 6.45) is 0.730. The summed E-state index contributed by atoms with van der Waals surface area (Å²) in [5.41, 5.74) is 14.8. The van der Waals surface area contributed by atoms with Gasteiger partial charge in [-0.05, 0) is 89.0 Å². The van der Waals surface area contributed by atoms with Crippen LogP contribution in [0.15, 0.2) is 162 Å². The molecule has 6 rings (SSSR count). The smallest absolute Gasteiger partial charge is 0.286 e. The van der Waals surface area contributed by atoms with Gasteiger partial charge in [-0.2, -0.15) is 0 Å². The number of halogens is 1. The van der Waals surface area contributed by atoms with Crippen molar-refractivity contribution in [2.75, 3.05) is 4.31 Å². The van der Waals surface area contributed by atoms with Crippen molar-refractivity contribution >= 4 is 41.1 Å². The van der Waals surface area contributed by atoms with Crippen LogP contribution >= 0.6 is 23.5 Å². The lowest BCUT2D eigenvalue weighted by molar-refractivity contribution is -0.117. The normalized spacial score (nSPS) is 10.4. The molecule has 0 aromatic heterocycles. The molecule has 0 unspecified atom stereocenters. The molecule has 0 saturated heterocycles. The number of hydrogen-bond donors (Lipinski definition) is 1. The Kier molecular flexibility index (Phi) is 12.7. The highest BCUT2D eigenvalue weighted by atomic mass is 35.5. The third-order valence-corrected chi connectivity index (χ3v) is 9.17. The highest BCUT2D eigenvalue weighted by Gasteiger charge is 2.18. The van der Waals surface area contributed by atoms with Crippen LogP contribution in [0.2, 0.25) is 5.02 Å². The zero-order valence-corrected chi connectivity index (χ0v) is 29.1. The van der Waals surface area contributed by atoms with Gasteiger partial charge in [0.2, 0.25) is 0 Å². The van der Waals surface area contributed by atoms with Gasteiger partial charge in [-0.1, -0.05) is 138 Å². The highest BCUT2D eigenvalue weighted by molar-refractivity contribution is 8.00. The van der Waals surface area contributed by atoms with Crippen molar-refractivity contribution in [2.45, 2.75) is 31.2 Å². The van der Waals surface area contributed by atoms with E-state index in [1.165, 1.54) is 11.1 Å². The van der Waals surface area contributed by atoms with Gasteiger partial charge in [-0.25, -0.2) is 0 Å². The molecule has 0 bridgehead atoms. The number of primary amides is 1. The van der Waals surface area contributed by atoms with E-state index in [-0.39, 0.29) is 6.42 Å². The number of benzene rings is 6. The first kappa shape index (κ1) is 35.8. The Morgan fingerprint density at radius 2 is 1.20 bits per heavy atom. The van der Waals surface area contributed by atoms with Gasteiger partial charge in [0.05, 0.1) is 17.8 Å². The average molecular weight is 698 g/mol. The van der Waals surface area contributed by atoms with Crippen LogP contribution in [0.5, 0.6) is 0 Å². The van der Waals surface area contributed by atoms with Gasteiger partial charge >= 0.3 is 0 Å². The second-order valence-corrected chi connectivity index (χ2v) is 13.1. The van der Waals surface area contributed by atoms with Gasteiger partial charge in [0.1, 0.15) is 0 Å². The first-order valence-corrected chi connectivity index (χ1v) is 17.2. The third kappa shape index (κ3) is 10.3. The summed E-state index contributed by atoms with van der Waals surface area (Å²) in [5, 5.41) is 2.86. The highest BCUT2D eigenvalue weighted by Crippen LogP contribution is 2.35. The molecule has 250 valence electrons. The van der Waals surface area contributed by atoms with Gasteiger partial charge in [0, 0.05) is 21.5 Å². The van der Waals surface area contributed by atoms with Crippen molar-refractivity contribution in [3.8, 4) is 22.3 Å². The van der Waals surface area contributed by atoms with E-state index < -0.39 is 11.8 Å². The number of aryl methyl sites for hydroxylation is 2. The predicted molar refractivity (Wildman–Crippen MR) is 206 cm³/mol. The largest absolute Gasteiger partial charge is 0.366 e. The molecule has 0 aliphatic rings. The summed E-state index contributed by atoms with van der Waals surface area (Å²) in [6, 6.07) is 50.4. The topological polar surface area (TPSA) is 92.8 Å². The van der Waals surface area contributed by atoms with Crippen molar-refractivity contribution in [3.63, 3.8) is 0 Å². The Bertz CT molecular complexity index is 2020. The van der Waals surface area contributed by atoms with Crippen molar-refractivity contribution in [2.24, 2.45) is 10.9 Å². The number of carbonyl (C=O) groups is 2. The first-order valence-electron chi connectivity index (χ1n) is 16.1. The molecule has 2 N–H and O–H groups in total. The molecule has 0 saturated carbocycles. The standard InChI is InChI=1S/C27H23ClN2OS.C15H13NO2/c1-19-7-9-20(10-8-19)18-30(26-16-13-23(28)17-25(26)27(29)31)32-24-14-11-22(12-15-24)21-5-3-2-4-6-21;17-15(16-18)11-8-12-6-9-14(10-7-12)13-4-2-1-3-5-13/h2-17H,18H2,1H3,(H2,29,31);1-7,9-10H,8,11H2. The van der Waals surface area contributed by atoms with E-state index in [2.05, 4.69) is 89.2 Å². The Morgan fingerprint density at radius 1 is 0.680 bits per heavy atom. The molecule has 2 amide bonds. The SMILES string of the molecule is Cc1ccc(CN(Sc2ccc(-c3ccccc3)cc2)c2ccc(Cl)cc2C(N)=O)cc1.O=NC(=O)CCc1ccc(-c2ccccc2)cc1. The summed E-state index contributed by atoms with van der Waals surface area (Å²) in [5.74, 6) is -1.10. The molecule has 0 radical (unpaired) electrons. The van der Waals surface area contributed by atoms with E-state index in [9.17, 15) is 14.5 Å². The van der Waals surface area contributed by atoms with Crippen LogP contribution in [0.25, 0.3) is 22.3 Å². The number of nitrogens with zero attached hydrogens (tertiary/aromatic N) is 2. The molecule has 0 heterocycles. The van der Waals surface area contributed by atoms with E-state index in [1.54, 1.807) is 24.1 Å². The lowest BCUT2D eigenvalue weighted by Crippen LogP contribution is -2.20. The summed E-state index contributed by atoms with van der Waals surface area (Å²) in [4.78, 5) is 34.0. The Morgan fingerprint density at radius 3 is 1.74 bits per heavy atom. The lowest BCUT2D eigenvalue weighted by atomic mass is 10.0. The van der Waals surface area contributed by atoms with Crippen LogP contribution in [0.1, 0.15) is 33.5 Å². The summed E-state index contributed by atoms with van der Waals surface area (Å²) in [6.45, 7) is 2.67. The number of hydrogen-bond acceptors (Lipinski definition) is 5. The van der Waals surface area contributed by atoms with Crippen LogP contribution in [-0.4, -0.2) is 11.8 Å². The summed E-state index contributed by atoms with van der Waals surface area (Å²) in [7, 11) is 0. The molecule has 0 aliphatic heterocycles. The zero-order chi connectivity index (χ0) is 35.3. The summed E-state index contributed by atoms with van der Waals surface area (Å²) < 4.78 is 2.08. The fourth-order valence-electron chi connectivity index (χ4n) is 5.21. The number of anilines is 1. The Balaban J connectivity index is 0.000000228. The van der Waals surface area contributed by atoms with E-state index in [0.29, 0.717) is 23.6 Å². The minimum absolute atomic E-state index is 0.175. The van der Waals surface area contributed by atoms with E-state index in [1.807, 2.05) is 66.7 Å². The second-order valence-electron chi connectivity index (χ2n) is 11.6. The number of rotatable bonds is 11. The number of nitroso groups, excluding NO2 is 1. The minimum Gasteiger partial charge on any atom is -0.366 e. The minimum atomic E-state index is -0.595. The molecule has 8 heteroatoms. The lowest BCUT2D eigenvalue weighted by Gasteiger charge is -2.25. The van der Waals surface area contributed by atoms with Crippen LogP contribution < -0.4 is 10.0 Å². The van der Waals surface area contributed by atoms with Gasteiger partial charge in [-0.3, -0.25) is 9.59 Å². The van der Waals surface area contributed by atoms with Gasteiger partial charge in [0.25, 0.3) is 11.8 Å². The fraction of sp³-hybridized carbons (Fsp3) is 0.0952. The maximum Gasteiger partial charge on any atom is 0.286 e. The maximum absolute atomic E-state index is 12.2. The van der Waals surface area contributed by atoms with Crippen LogP contribution in [0.3, 0.4) is 0 Å². The molecular weight excluding hydrogens is 662 g/mol. The van der Waals surface area contributed by atoms with Crippen molar-refractivity contribution in [1.82, 2.24) is 0 Å². The molecule has 50 heavy (non-hydrogen) atoms. The van der Waals surface area contributed by atoms with E-state index >= 15 is 0 Å². The Hall–Kier alpha value is -5.50. The monoisotopic (exact) mass is 697 g/mol. The van der Waals surface area contributed by atoms with E-state index in [0.717, 1.165) is 38.4 Å². The molecule has 6 nitrogen and oxygen atoms in total. The number of amides is 2. The molecule has 0 aliphatic carbocycles. The Labute approximate surface area is 302 Å². The first-order chi connectivity index (χ1) is 24.3. The number of nitrogens with two attached hydrogens (primary N) is 1. The van der Waals surface area contributed by atoms with E-state index in [4.69, 9.17) is 17.3 Å². The van der Waals surface area contributed by atoms with Gasteiger partial charge in [0.15, 0.2) is 0 Å². The molecular formula is C42H36ClN3O3S. The summed E-state index contributed by atoms with van der Waals surface area (Å²) >= 11 is 7.71. The third-order valence-electron chi connectivity index (χ3n) is 7.91. The molecule has 0 atom stereocenters. The molecule has 0 fully saturated rings.